The molecule has 0 bridgehead atoms. The van der Waals surface area contributed by atoms with Crippen LogP contribution in [0, 0.1) is 11.6 Å². The lowest BCUT2D eigenvalue weighted by atomic mass is 10.4. The predicted octanol–water partition coefficient (Wildman–Crippen LogP) is 1.70. The molecule has 1 atom stereocenters. The zero-order valence-corrected chi connectivity index (χ0v) is 8.34. The van der Waals surface area contributed by atoms with Crippen molar-refractivity contribution in [2.24, 2.45) is 0 Å². The molecule has 15 heavy (non-hydrogen) atoms. The largest absolute Gasteiger partial charge is 0.293 e. The van der Waals surface area contributed by atoms with Crippen molar-refractivity contribution >= 4 is 23.3 Å². The summed E-state index contributed by atoms with van der Waals surface area (Å²) in [4.78, 5) is 16.0. The molecule has 1 fully saturated rings. The molecular weight excluding hydrogens is 226 g/mol. The van der Waals surface area contributed by atoms with E-state index in [0.717, 1.165) is 11.1 Å². The number of carbonyl (C=O) groups is 1. The van der Waals surface area contributed by atoms with Gasteiger partial charge in [-0.1, -0.05) is 0 Å². The van der Waals surface area contributed by atoms with E-state index in [9.17, 15) is 13.6 Å². The molecule has 0 saturated carbocycles. The summed E-state index contributed by atoms with van der Waals surface area (Å²) < 4.78 is 25.8. The lowest BCUT2D eigenvalue weighted by Crippen LogP contribution is -2.26. The average molecular weight is 233 g/mol. The molecule has 1 aromatic rings. The van der Waals surface area contributed by atoms with E-state index in [-0.39, 0.29) is 30.1 Å². The van der Waals surface area contributed by atoms with Gasteiger partial charge in [-0.3, -0.25) is 9.69 Å². The Morgan fingerprint density at radius 1 is 1.53 bits per heavy atom. The highest BCUT2D eigenvalue weighted by Crippen LogP contribution is 2.24. The Morgan fingerprint density at radius 2 is 2.27 bits per heavy atom. The van der Waals surface area contributed by atoms with Crippen LogP contribution in [0.4, 0.5) is 14.6 Å². The smallest absolute Gasteiger partial charge is 0.229 e. The molecule has 0 N–H and O–H groups in total. The van der Waals surface area contributed by atoms with Crippen molar-refractivity contribution in [1.29, 1.82) is 0 Å². The fourth-order valence-electron chi connectivity index (χ4n) is 1.47. The average Bonchev–Trinajstić information content (AvgIpc) is 2.45. The first kappa shape index (κ1) is 10.3. The van der Waals surface area contributed by atoms with E-state index >= 15 is 0 Å². The Labute approximate surface area is 89.7 Å². The van der Waals surface area contributed by atoms with Crippen LogP contribution in [0.25, 0.3) is 0 Å². The van der Waals surface area contributed by atoms with Crippen LogP contribution in [0.15, 0.2) is 12.3 Å². The van der Waals surface area contributed by atoms with Crippen LogP contribution >= 0.6 is 11.6 Å². The number of halogens is 3. The molecule has 2 heterocycles. The molecule has 6 heteroatoms. The van der Waals surface area contributed by atoms with Crippen molar-refractivity contribution in [2.75, 3.05) is 11.4 Å². The van der Waals surface area contributed by atoms with Crippen LogP contribution in [-0.4, -0.2) is 22.8 Å². The summed E-state index contributed by atoms with van der Waals surface area (Å²) in [6.45, 7) is 0.204. The van der Waals surface area contributed by atoms with E-state index in [1.807, 2.05) is 0 Å². The normalized spacial score (nSPS) is 21.1. The number of anilines is 1. The summed E-state index contributed by atoms with van der Waals surface area (Å²) in [5, 5.41) is -0.344. The first-order valence-electron chi connectivity index (χ1n) is 4.33. The molecule has 0 radical (unpaired) electrons. The summed E-state index contributed by atoms with van der Waals surface area (Å²) in [6.07, 6.45) is 1.02. The van der Waals surface area contributed by atoms with Crippen molar-refractivity contribution in [3.05, 3.63) is 23.9 Å². The van der Waals surface area contributed by atoms with Gasteiger partial charge in [0, 0.05) is 19.0 Å². The minimum Gasteiger partial charge on any atom is -0.293 e. The van der Waals surface area contributed by atoms with Gasteiger partial charge in [0.05, 0.1) is 11.6 Å². The first-order valence-corrected chi connectivity index (χ1v) is 4.77. The topological polar surface area (TPSA) is 33.2 Å². The van der Waals surface area contributed by atoms with Crippen LogP contribution in [0.2, 0.25) is 0 Å². The zero-order chi connectivity index (χ0) is 11.0. The third-order valence-electron chi connectivity index (χ3n) is 2.12. The number of amides is 1. The van der Waals surface area contributed by atoms with Crippen molar-refractivity contribution in [3.63, 3.8) is 0 Å². The van der Waals surface area contributed by atoms with Gasteiger partial charge in [-0.25, -0.2) is 13.8 Å². The van der Waals surface area contributed by atoms with Gasteiger partial charge in [0.25, 0.3) is 0 Å². The Hall–Kier alpha value is -1.23. The lowest BCUT2D eigenvalue weighted by molar-refractivity contribution is -0.117. The number of pyridine rings is 1. The van der Waals surface area contributed by atoms with Gasteiger partial charge in [0.1, 0.15) is 5.82 Å². The van der Waals surface area contributed by atoms with E-state index in [0.29, 0.717) is 6.07 Å². The van der Waals surface area contributed by atoms with Crippen molar-refractivity contribution < 1.29 is 13.6 Å². The molecule has 1 unspecified atom stereocenters. The quantitative estimate of drug-likeness (QED) is 0.691. The predicted molar refractivity (Wildman–Crippen MR) is 50.8 cm³/mol. The molecule has 0 aromatic carbocycles. The van der Waals surface area contributed by atoms with Gasteiger partial charge in [-0.05, 0) is 0 Å². The van der Waals surface area contributed by atoms with E-state index in [4.69, 9.17) is 11.6 Å². The van der Waals surface area contributed by atoms with Crippen LogP contribution in [0.3, 0.4) is 0 Å². The highest BCUT2D eigenvalue weighted by Gasteiger charge is 2.31. The van der Waals surface area contributed by atoms with Crippen LogP contribution in [-0.2, 0) is 4.79 Å². The number of carbonyl (C=O) groups excluding carboxylic acids is 1. The number of hydrogen-bond acceptors (Lipinski definition) is 2. The zero-order valence-electron chi connectivity index (χ0n) is 7.58. The highest BCUT2D eigenvalue weighted by molar-refractivity contribution is 6.24. The van der Waals surface area contributed by atoms with E-state index in [1.165, 1.54) is 0 Å². The maximum atomic E-state index is 13.3. The lowest BCUT2D eigenvalue weighted by Gasteiger charge is -2.14. The Morgan fingerprint density at radius 3 is 2.80 bits per heavy atom. The summed E-state index contributed by atoms with van der Waals surface area (Å²) >= 11 is 5.75. The summed E-state index contributed by atoms with van der Waals surface area (Å²) in [7, 11) is 0. The SMILES string of the molecule is O=C1CC(Cl)CN1c1ncc(F)cc1F. The summed E-state index contributed by atoms with van der Waals surface area (Å²) in [5.74, 6) is -2.09. The second kappa shape index (κ2) is 3.73. The third-order valence-corrected chi connectivity index (χ3v) is 2.41. The van der Waals surface area contributed by atoms with Gasteiger partial charge in [0.2, 0.25) is 5.91 Å². The van der Waals surface area contributed by atoms with Crippen molar-refractivity contribution in [1.82, 2.24) is 4.98 Å². The molecule has 1 aliphatic heterocycles. The number of hydrogen-bond donors (Lipinski definition) is 0. The number of rotatable bonds is 1. The van der Waals surface area contributed by atoms with Gasteiger partial charge < -0.3 is 0 Å². The molecule has 80 valence electrons. The van der Waals surface area contributed by atoms with Gasteiger partial charge in [0.15, 0.2) is 11.6 Å². The van der Waals surface area contributed by atoms with E-state index in [1.54, 1.807) is 0 Å². The Bertz CT molecular complexity index is 413. The van der Waals surface area contributed by atoms with E-state index in [2.05, 4.69) is 4.98 Å². The molecule has 0 spiro atoms. The second-order valence-electron chi connectivity index (χ2n) is 3.26. The van der Waals surface area contributed by atoms with Crippen LogP contribution in [0.5, 0.6) is 0 Å². The number of alkyl halides is 1. The molecule has 1 saturated heterocycles. The maximum absolute atomic E-state index is 13.3. The third kappa shape index (κ3) is 1.92. The van der Waals surface area contributed by atoms with Crippen LogP contribution < -0.4 is 4.90 Å². The molecule has 3 nitrogen and oxygen atoms in total. The minimum absolute atomic E-state index is 0.153. The molecule has 1 aromatic heterocycles. The van der Waals surface area contributed by atoms with Gasteiger partial charge in [-0.2, -0.15) is 0 Å². The first-order chi connectivity index (χ1) is 7.08. The van der Waals surface area contributed by atoms with Gasteiger partial charge >= 0.3 is 0 Å². The summed E-state index contributed by atoms with van der Waals surface area (Å²) in [5.41, 5.74) is 0. The molecule has 1 aliphatic rings. The Kier molecular flexibility index (Phi) is 2.56. The molecular formula is C9H7ClF2N2O. The second-order valence-corrected chi connectivity index (χ2v) is 3.88. The number of nitrogens with zero attached hydrogens (tertiary/aromatic N) is 2. The van der Waals surface area contributed by atoms with Crippen molar-refractivity contribution in [2.45, 2.75) is 11.8 Å². The van der Waals surface area contributed by atoms with Gasteiger partial charge in [-0.15, -0.1) is 11.6 Å². The monoisotopic (exact) mass is 232 g/mol. The number of aromatic nitrogens is 1. The fourth-order valence-corrected chi connectivity index (χ4v) is 1.74. The maximum Gasteiger partial charge on any atom is 0.229 e. The van der Waals surface area contributed by atoms with Crippen molar-refractivity contribution in [3.8, 4) is 0 Å². The molecule has 0 aliphatic carbocycles. The molecule has 2 rings (SSSR count). The Balaban J connectivity index is 2.34. The fraction of sp³-hybridized carbons (Fsp3) is 0.333. The highest BCUT2D eigenvalue weighted by atomic mass is 35.5. The molecule has 1 amide bonds. The van der Waals surface area contributed by atoms with E-state index < -0.39 is 11.6 Å². The standard InChI is InChI=1S/C9H7ClF2N2O/c10-5-1-8(15)14(4-5)9-7(12)2-6(11)3-13-9/h2-3,5H,1,4H2. The summed E-state index contributed by atoms with van der Waals surface area (Å²) in [6, 6.07) is 0.692. The van der Waals surface area contributed by atoms with Crippen LogP contribution in [0.1, 0.15) is 6.42 Å². The minimum atomic E-state index is -0.853.